The van der Waals surface area contributed by atoms with Crippen molar-refractivity contribution >= 4 is 0 Å². The molecule has 1 aliphatic heterocycles. The molecule has 0 radical (unpaired) electrons. The first-order chi connectivity index (χ1) is 11.1. The molecular formula is C24H38O. The number of benzene rings is 1. The van der Waals surface area contributed by atoms with Crippen LogP contribution in [-0.2, 0) is 15.8 Å². The summed E-state index contributed by atoms with van der Waals surface area (Å²) < 4.78 is 7.01. The van der Waals surface area contributed by atoms with Crippen LogP contribution in [0.15, 0.2) is 0 Å². The van der Waals surface area contributed by atoms with Crippen LogP contribution >= 0.6 is 0 Å². The van der Waals surface area contributed by atoms with Crippen molar-refractivity contribution in [2.24, 2.45) is 10.8 Å². The van der Waals surface area contributed by atoms with E-state index < -0.39 is 0 Å². The van der Waals surface area contributed by atoms with Crippen molar-refractivity contribution in [1.29, 1.82) is 0 Å². The maximum atomic E-state index is 7.01. The third-order valence-electron chi connectivity index (χ3n) is 9.00. The van der Waals surface area contributed by atoms with E-state index >= 15 is 0 Å². The van der Waals surface area contributed by atoms with Crippen molar-refractivity contribution < 1.29 is 4.74 Å². The molecular weight excluding hydrogens is 304 g/mol. The largest absolute Gasteiger partial charge is 0.364 e. The minimum absolute atomic E-state index is 0.0465. The smallest absolute Gasteiger partial charge is 0.0973 e. The molecule has 0 amide bonds. The lowest BCUT2D eigenvalue weighted by molar-refractivity contribution is -0.116. The van der Waals surface area contributed by atoms with Crippen molar-refractivity contribution in [3.8, 4) is 0 Å². The average molecular weight is 343 g/mol. The van der Waals surface area contributed by atoms with Crippen molar-refractivity contribution in [1.82, 2.24) is 0 Å². The van der Waals surface area contributed by atoms with E-state index in [0.717, 1.165) is 6.42 Å². The molecule has 3 rings (SSSR count). The minimum Gasteiger partial charge on any atom is -0.364 e. The van der Waals surface area contributed by atoms with Gasteiger partial charge in [0.1, 0.15) is 0 Å². The van der Waals surface area contributed by atoms with Crippen molar-refractivity contribution in [3.05, 3.63) is 33.4 Å². The highest BCUT2D eigenvalue weighted by molar-refractivity contribution is 5.57. The second-order valence-corrected chi connectivity index (χ2v) is 10.9. The highest BCUT2D eigenvalue weighted by atomic mass is 16.5. The van der Waals surface area contributed by atoms with Gasteiger partial charge in [-0.15, -0.1) is 0 Å². The van der Waals surface area contributed by atoms with Crippen LogP contribution in [-0.4, -0.2) is 5.60 Å². The molecule has 2 atom stereocenters. The first kappa shape index (κ1) is 19.0. The third-order valence-corrected chi connectivity index (χ3v) is 9.00. The molecule has 25 heavy (non-hydrogen) atoms. The van der Waals surface area contributed by atoms with Crippen LogP contribution in [0.25, 0.3) is 0 Å². The fraction of sp³-hybridized carbons (Fsp3) is 0.750. The van der Waals surface area contributed by atoms with Gasteiger partial charge in [-0.25, -0.2) is 0 Å². The van der Waals surface area contributed by atoms with Crippen molar-refractivity contribution in [3.63, 3.8) is 0 Å². The standard InChI is InChI=1S/C24H38O/c1-14-15(2)17(4)19-18(16(14)3)20(5,6)13-23(11)21(7,8)24(19,12)25-22(23,9)10/h13H2,1-12H3. The highest BCUT2D eigenvalue weighted by Crippen LogP contribution is 2.72. The minimum atomic E-state index is -0.276. The second kappa shape index (κ2) is 4.71. The fourth-order valence-corrected chi connectivity index (χ4v) is 6.55. The summed E-state index contributed by atoms with van der Waals surface area (Å²) in [5, 5.41) is 0. The predicted molar refractivity (Wildman–Crippen MR) is 107 cm³/mol. The van der Waals surface area contributed by atoms with Crippen LogP contribution in [0.5, 0.6) is 0 Å². The molecule has 0 aromatic heterocycles. The summed E-state index contributed by atoms with van der Waals surface area (Å²) in [6.07, 6.45) is 1.14. The van der Waals surface area contributed by atoms with Crippen LogP contribution < -0.4 is 0 Å². The molecule has 1 aromatic rings. The van der Waals surface area contributed by atoms with E-state index in [1.165, 1.54) is 27.8 Å². The molecule has 1 nitrogen and oxygen atoms in total. The molecule has 2 bridgehead atoms. The monoisotopic (exact) mass is 342 g/mol. The SMILES string of the molecule is Cc1c(C)c(C)c2c(c1C)C(C)(C)CC1(C)C(C)(C)OC2(C)C1(C)C. The number of hydrogen-bond donors (Lipinski definition) is 0. The molecule has 1 fully saturated rings. The van der Waals surface area contributed by atoms with Crippen molar-refractivity contribution in [2.45, 2.75) is 106 Å². The lowest BCUT2D eigenvalue weighted by atomic mass is 9.53. The van der Waals surface area contributed by atoms with Gasteiger partial charge in [-0.2, -0.15) is 0 Å². The Morgan fingerprint density at radius 2 is 1.08 bits per heavy atom. The zero-order valence-corrected chi connectivity index (χ0v) is 18.6. The lowest BCUT2D eigenvalue weighted by Gasteiger charge is -2.48. The van der Waals surface area contributed by atoms with Gasteiger partial charge in [0.25, 0.3) is 0 Å². The Hall–Kier alpha value is -0.820. The van der Waals surface area contributed by atoms with Crippen LogP contribution in [0, 0.1) is 38.5 Å². The van der Waals surface area contributed by atoms with Gasteiger partial charge in [0.2, 0.25) is 0 Å². The zero-order valence-electron chi connectivity index (χ0n) is 18.6. The van der Waals surface area contributed by atoms with Gasteiger partial charge in [-0.3, -0.25) is 0 Å². The summed E-state index contributed by atoms with van der Waals surface area (Å²) in [6.45, 7) is 28.5. The maximum Gasteiger partial charge on any atom is 0.0973 e. The Morgan fingerprint density at radius 1 is 0.640 bits per heavy atom. The molecule has 140 valence electrons. The molecule has 0 spiro atoms. The number of fused-ring (bicyclic) bond motifs is 4. The van der Waals surface area contributed by atoms with Gasteiger partial charge in [0.05, 0.1) is 11.2 Å². The van der Waals surface area contributed by atoms with E-state index in [0.29, 0.717) is 0 Å². The zero-order chi connectivity index (χ0) is 19.4. The topological polar surface area (TPSA) is 9.23 Å². The van der Waals surface area contributed by atoms with E-state index in [-0.39, 0.29) is 27.4 Å². The molecule has 2 aliphatic rings. The number of rotatable bonds is 0. The molecule has 1 aliphatic carbocycles. The Kier molecular flexibility index (Phi) is 3.57. The second-order valence-electron chi connectivity index (χ2n) is 10.9. The van der Waals surface area contributed by atoms with Crippen LogP contribution in [0.4, 0.5) is 0 Å². The quantitative estimate of drug-likeness (QED) is 0.512. The van der Waals surface area contributed by atoms with E-state index in [1.54, 1.807) is 5.56 Å². The summed E-state index contributed by atoms with van der Waals surface area (Å²) in [5.74, 6) is 0. The van der Waals surface area contributed by atoms with E-state index in [4.69, 9.17) is 4.74 Å². The van der Waals surface area contributed by atoms with Crippen LogP contribution in [0.3, 0.4) is 0 Å². The maximum absolute atomic E-state index is 7.01. The Morgan fingerprint density at radius 3 is 1.56 bits per heavy atom. The first-order valence-corrected chi connectivity index (χ1v) is 9.87. The molecule has 1 heterocycles. The van der Waals surface area contributed by atoms with Gasteiger partial charge >= 0.3 is 0 Å². The number of ether oxygens (including phenoxy) is 1. The summed E-state index contributed by atoms with van der Waals surface area (Å²) >= 11 is 0. The third kappa shape index (κ3) is 1.89. The van der Waals surface area contributed by atoms with Gasteiger partial charge in [-0.05, 0) is 93.7 Å². The van der Waals surface area contributed by atoms with Gasteiger partial charge in [0, 0.05) is 10.8 Å². The van der Waals surface area contributed by atoms with Crippen molar-refractivity contribution in [2.75, 3.05) is 0 Å². The molecule has 1 aromatic carbocycles. The predicted octanol–water partition coefficient (Wildman–Crippen LogP) is 6.66. The van der Waals surface area contributed by atoms with Crippen LogP contribution in [0.2, 0.25) is 0 Å². The normalized spacial score (nSPS) is 34.6. The molecule has 1 saturated heterocycles. The molecule has 0 saturated carbocycles. The average Bonchev–Trinajstić information content (AvgIpc) is 2.52. The van der Waals surface area contributed by atoms with E-state index in [2.05, 4.69) is 83.1 Å². The van der Waals surface area contributed by atoms with Crippen LogP contribution in [0.1, 0.15) is 95.2 Å². The van der Waals surface area contributed by atoms with Gasteiger partial charge < -0.3 is 4.74 Å². The Balaban J connectivity index is 2.56. The van der Waals surface area contributed by atoms with Gasteiger partial charge in [0.15, 0.2) is 0 Å². The molecule has 1 heteroatoms. The van der Waals surface area contributed by atoms with E-state index in [1.807, 2.05) is 0 Å². The summed E-state index contributed by atoms with van der Waals surface area (Å²) in [5.41, 5.74) is 8.65. The summed E-state index contributed by atoms with van der Waals surface area (Å²) in [6, 6.07) is 0. The highest BCUT2D eigenvalue weighted by Gasteiger charge is 2.71. The Bertz CT molecular complexity index is 765. The van der Waals surface area contributed by atoms with Gasteiger partial charge in [-0.1, -0.05) is 34.6 Å². The number of hydrogen-bond acceptors (Lipinski definition) is 1. The molecule has 0 N–H and O–H groups in total. The summed E-state index contributed by atoms with van der Waals surface area (Å²) in [7, 11) is 0. The van der Waals surface area contributed by atoms with E-state index in [9.17, 15) is 0 Å². The fourth-order valence-electron chi connectivity index (χ4n) is 6.55. The lowest BCUT2D eigenvalue weighted by Crippen LogP contribution is -2.48. The Labute approximate surface area is 155 Å². The molecule has 2 unspecified atom stereocenters. The first-order valence-electron chi connectivity index (χ1n) is 9.87. The summed E-state index contributed by atoms with van der Waals surface area (Å²) in [4.78, 5) is 0.